The van der Waals surface area contributed by atoms with Gasteiger partial charge in [0, 0.05) is 6.04 Å². The Morgan fingerprint density at radius 1 is 1.16 bits per heavy atom. The van der Waals surface area contributed by atoms with Crippen molar-refractivity contribution in [2.24, 2.45) is 4.99 Å². The molecule has 2 aromatic rings. The molecule has 0 aromatic heterocycles. The first-order chi connectivity index (χ1) is 18.4. The van der Waals surface area contributed by atoms with Gasteiger partial charge in [-0.25, -0.2) is 14.2 Å². The van der Waals surface area contributed by atoms with E-state index in [1.54, 1.807) is 48.2 Å². The molecule has 2 fully saturated rings. The number of amidine groups is 1. The summed E-state index contributed by atoms with van der Waals surface area (Å²) in [4.78, 5) is 32.2. The average Bonchev–Trinajstić information content (AvgIpc) is 3.20. The number of amides is 1. The minimum absolute atomic E-state index is 0.0320. The van der Waals surface area contributed by atoms with Crippen molar-refractivity contribution in [1.29, 1.82) is 0 Å². The molecule has 2 aromatic carbocycles. The van der Waals surface area contributed by atoms with Crippen molar-refractivity contribution in [3.05, 3.63) is 57.2 Å². The van der Waals surface area contributed by atoms with Crippen LogP contribution in [-0.4, -0.2) is 47.8 Å². The number of thioether (sulfide) groups is 1. The van der Waals surface area contributed by atoms with Crippen molar-refractivity contribution in [1.82, 2.24) is 4.90 Å². The Morgan fingerprint density at radius 3 is 2.63 bits per heavy atom. The number of aliphatic imine (C=N–C) groups is 1. The van der Waals surface area contributed by atoms with Crippen LogP contribution in [0.5, 0.6) is 11.5 Å². The van der Waals surface area contributed by atoms with Crippen LogP contribution >= 0.6 is 27.7 Å². The number of carbonyl (C=O) groups is 2. The van der Waals surface area contributed by atoms with E-state index in [1.165, 1.54) is 17.8 Å². The average molecular weight is 606 g/mol. The Labute approximate surface area is 234 Å². The summed E-state index contributed by atoms with van der Waals surface area (Å²) in [6.07, 6.45) is 6.79. The third kappa shape index (κ3) is 6.77. The summed E-state index contributed by atoms with van der Waals surface area (Å²) >= 11 is 4.75. The fourth-order valence-electron chi connectivity index (χ4n) is 4.43. The molecule has 0 atom stereocenters. The maximum absolute atomic E-state index is 14.4. The Balaban J connectivity index is 1.67. The lowest BCUT2D eigenvalue weighted by Crippen LogP contribution is -2.40. The van der Waals surface area contributed by atoms with Gasteiger partial charge in [-0.05, 0) is 90.3 Å². The van der Waals surface area contributed by atoms with E-state index in [-0.39, 0.29) is 30.9 Å². The quantitative estimate of drug-likeness (QED) is 0.230. The molecule has 1 aliphatic heterocycles. The van der Waals surface area contributed by atoms with Gasteiger partial charge >= 0.3 is 5.97 Å². The van der Waals surface area contributed by atoms with Crippen molar-refractivity contribution in [3.63, 3.8) is 0 Å². The molecule has 0 radical (unpaired) electrons. The first-order valence-electron chi connectivity index (χ1n) is 12.7. The van der Waals surface area contributed by atoms with Crippen LogP contribution in [0.4, 0.5) is 10.1 Å². The number of carbonyl (C=O) groups excluding carboxylic acids is 2. The maximum atomic E-state index is 14.4. The highest BCUT2D eigenvalue weighted by Crippen LogP contribution is 2.41. The van der Waals surface area contributed by atoms with Gasteiger partial charge in [-0.15, -0.1) is 0 Å². The molecule has 1 saturated carbocycles. The number of nitrogens with zero attached hydrogens (tertiary/aromatic N) is 2. The Kier molecular flexibility index (Phi) is 9.85. The minimum Gasteiger partial charge on any atom is -0.490 e. The summed E-state index contributed by atoms with van der Waals surface area (Å²) in [6, 6.07) is 9.89. The van der Waals surface area contributed by atoms with Crippen LogP contribution in [0.2, 0.25) is 0 Å². The number of esters is 1. The van der Waals surface area contributed by atoms with Crippen molar-refractivity contribution >= 4 is 56.5 Å². The predicted molar refractivity (Wildman–Crippen MR) is 150 cm³/mol. The first kappa shape index (κ1) is 28.2. The van der Waals surface area contributed by atoms with Crippen LogP contribution in [0.25, 0.3) is 6.08 Å². The maximum Gasteiger partial charge on any atom is 0.344 e. The molecule has 0 bridgehead atoms. The molecule has 1 heterocycles. The molecule has 202 valence electrons. The van der Waals surface area contributed by atoms with E-state index in [9.17, 15) is 14.0 Å². The van der Waals surface area contributed by atoms with Crippen molar-refractivity contribution in [3.8, 4) is 11.5 Å². The van der Waals surface area contributed by atoms with Crippen LogP contribution in [0.1, 0.15) is 51.5 Å². The zero-order valence-corrected chi connectivity index (χ0v) is 23.8. The van der Waals surface area contributed by atoms with Crippen LogP contribution in [-0.2, 0) is 14.3 Å². The van der Waals surface area contributed by atoms with Gasteiger partial charge in [0.05, 0.1) is 22.6 Å². The highest BCUT2D eigenvalue weighted by molar-refractivity contribution is 9.10. The standard InChI is InChI=1S/C28H30BrFN2O5S/c1-3-35-23-15-18(14-20(29)26(23)37-17-25(33)36-4-2)16-24-27(34)32(19-10-6-5-7-11-19)28(38-24)31-22-13-9-8-12-21(22)30/h8-9,12-16,19H,3-7,10-11,17H2,1-2H3/b24-16-,31-28?. The first-order valence-corrected chi connectivity index (χ1v) is 14.3. The largest absolute Gasteiger partial charge is 0.490 e. The zero-order valence-electron chi connectivity index (χ0n) is 21.4. The van der Waals surface area contributed by atoms with E-state index in [1.807, 2.05) is 6.92 Å². The van der Waals surface area contributed by atoms with Crippen molar-refractivity contribution in [2.45, 2.75) is 52.0 Å². The number of hydrogen-bond acceptors (Lipinski definition) is 7. The van der Waals surface area contributed by atoms with Gasteiger partial charge in [-0.3, -0.25) is 9.69 Å². The van der Waals surface area contributed by atoms with E-state index in [4.69, 9.17) is 14.2 Å². The number of rotatable bonds is 9. The van der Waals surface area contributed by atoms with Crippen LogP contribution in [0.3, 0.4) is 0 Å². The molecule has 38 heavy (non-hydrogen) atoms. The molecule has 1 saturated heterocycles. The fraction of sp³-hybridized carbons (Fsp3) is 0.393. The van der Waals surface area contributed by atoms with Crippen molar-refractivity contribution in [2.75, 3.05) is 19.8 Å². The normalized spacial score (nSPS) is 18.3. The van der Waals surface area contributed by atoms with E-state index in [0.29, 0.717) is 38.2 Å². The molecule has 10 heteroatoms. The summed E-state index contributed by atoms with van der Waals surface area (Å²) in [6.45, 7) is 3.96. The molecule has 0 unspecified atom stereocenters. The summed E-state index contributed by atoms with van der Waals surface area (Å²) in [5.74, 6) is -0.257. The van der Waals surface area contributed by atoms with Gasteiger partial charge < -0.3 is 14.2 Å². The second kappa shape index (κ2) is 13.3. The highest BCUT2D eigenvalue weighted by atomic mass is 79.9. The number of ether oxygens (including phenoxy) is 3. The summed E-state index contributed by atoms with van der Waals surface area (Å²) in [5, 5.41) is 0.483. The van der Waals surface area contributed by atoms with E-state index in [0.717, 1.165) is 32.1 Å². The highest BCUT2D eigenvalue weighted by Gasteiger charge is 2.39. The lowest BCUT2D eigenvalue weighted by atomic mass is 9.94. The molecule has 0 N–H and O–H groups in total. The number of halogens is 2. The monoisotopic (exact) mass is 604 g/mol. The third-order valence-corrected chi connectivity index (χ3v) is 7.69. The molecule has 7 nitrogen and oxygen atoms in total. The molecule has 0 spiro atoms. The topological polar surface area (TPSA) is 77.4 Å². The van der Waals surface area contributed by atoms with Crippen LogP contribution in [0, 0.1) is 5.82 Å². The van der Waals surface area contributed by atoms with Gasteiger partial charge in [0.2, 0.25) is 0 Å². The molecule has 2 aliphatic rings. The molecule has 1 aliphatic carbocycles. The number of para-hydroxylation sites is 1. The van der Waals surface area contributed by atoms with Crippen molar-refractivity contribution < 1.29 is 28.2 Å². The van der Waals surface area contributed by atoms with Crippen LogP contribution < -0.4 is 9.47 Å². The second-order valence-electron chi connectivity index (χ2n) is 8.78. The SMILES string of the molecule is CCOC(=O)COc1c(Br)cc(/C=C2\SC(=Nc3ccccc3F)N(C3CCCCC3)C2=O)cc1OCC. The molecular formula is C28H30BrFN2O5S. The summed E-state index contributed by atoms with van der Waals surface area (Å²) in [7, 11) is 0. The smallest absolute Gasteiger partial charge is 0.344 e. The number of hydrogen-bond donors (Lipinski definition) is 0. The minimum atomic E-state index is -0.481. The third-order valence-electron chi connectivity index (χ3n) is 6.11. The van der Waals surface area contributed by atoms with Gasteiger partial charge in [0.15, 0.2) is 23.3 Å². The molecule has 1 amide bonds. The molecular weight excluding hydrogens is 575 g/mol. The van der Waals surface area contributed by atoms with Crippen LogP contribution in [0.15, 0.2) is 50.8 Å². The van der Waals surface area contributed by atoms with E-state index < -0.39 is 11.8 Å². The Bertz CT molecular complexity index is 1250. The lowest BCUT2D eigenvalue weighted by Gasteiger charge is -2.30. The van der Waals surface area contributed by atoms with Gasteiger partial charge in [-0.1, -0.05) is 31.4 Å². The Hall–Kier alpha value is -2.85. The summed E-state index contributed by atoms with van der Waals surface area (Å²) < 4.78 is 31.4. The van der Waals surface area contributed by atoms with Gasteiger partial charge in [-0.2, -0.15) is 0 Å². The van der Waals surface area contributed by atoms with Gasteiger partial charge in [0.25, 0.3) is 5.91 Å². The summed E-state index contributed by atoms with van der Waals surface area (Å²) in [5.41, 5.74) is 0.907. The lowest BCUT2D eigenvalue weighted by molar-refractivity contribution is -0.145. The van der Waals surface area contributed by atoms with Gasteiger partial charge in [0.1, 0.15) is 11.5 Å². The van der Waals surface area contributed by atoms with E-state index in [2.05, 4.69) is 20.9 Å². The molecule has 4 rings (SSSR count). The second-order valence-corrected chi connectivity index (χ2v) is 10.6. The zero-order chi connectivity index (χ0) is 27.1. The van der Waals surface area contributed by atoms with E-state index >= 15 is 0 Å². The fourth-order valence-corrected chi connectivity index (χ4v) is 6.06. The Morgan fingerprint density at radius 2 is 1.92 bits per heavy atom. The number of benzene rings is 2. The predicted octanol–water partition coefficient (Wildman–Crippen LogP) is 6.87.